The SMILES string of the molecule is C[C@@H]1CC[C@@]2(NC1)O[C@H]1C[C@@H]3[C@@H]4CC=C5C[C@@H](O[C@@H]6O[C@H](CO)[C@H](O)[C@H](O[C@@H]7O[C@H](CO)[C@@H](O)[C@H](O)[C@H]7O[C@@H]7O[C@H](CO)[C@@H](O)[C@H](O)[C@H]7O)[C@H]6O[C@@H]6O[C@@H](C)[C@H](O)[C@@H](O)[C@H]6O)CC[C@]5(C)[C@H]4CC[C@]3(C)[C@@H]1[C@@H]2C. The quantitative estimate of drug-likeness (QED) is 0.0961. The summed E-state index contributed by atoms with van der Waals surface area (Å²) < 4.78 is 56.3. The molecule has 0 radical (unpaired) electrons. The van der Waals surface area contributed by atoms with Crippen LogP contribution in [0.2, 0.25) is 0 Å². The molecule has 4 aliphatic carbocycles. The Kier molecular flexibility index (Phi) is 16.0. The van der Waals surface area contributed by atoms with Crippen molar-refractivity contribution in [3.05, 3.63) is 11.6 Å². The molecule has 3 saturated carbocycles. The Morgan fingerprint density at radius 3 is 1.84 bits per heavy atom. The van der Waals surface area contributed by atoms with Crippen molar-refractivity contribution in [2.45, 2.75) is 233 Å². The molecule has 73 heavy (non-hydrogen) atoms. The third-order valence-electron chi connectivity index (χ3n) is 20.0. The zero-order valence-electron chi connectivity index (χ0n) is 42.5. The standard InChI is InChI=1S/C51H83NO21/c1-20-8-13-51(52-16-20)21(2)32-28(73-51)15-27-25-7-6-23-14-24(9-11-49(23,4)26(25)10-12-50(27,32)5)66-48-44(72-45-40(63)37(60)33(56)22(3)65-45)42(36(59)31(19-55)69-48)70-47-43(39(62)35(58)30(18-54)68-47)71-46-41(64)38(61)34(57)29(17-53)67-46/h6,20-22,24-48,52-64H,7-19H2,1-5H3/t20-,21+,22+,24+,25-,26+,27-,28+,29-,30-,31-,32-,33+,34-,35-,36+,37-,38+,39+,40-,41-,42+,43-,44-,45+,46+,47+,48-,49+,50+,51-/m1/s1. The number of hydrogen-bond donors (Lipinski definition) is 13. The lowest BCUT2D eigenvalue weighted by Crippen LogP contribution is -2.68. The number of aliphatic hydroxyl groups excluding tert-OH is 12. The molecular weight excluding hydrogens is 963 g/mol. The van der Waals surface area contributed by atoms with E-state index in [1.165, 1.54) is 18.9 Å². The van der Waals surface area contributed by atoms with E-state index < -0.39 is 149 Å². The molecule has 0 bridgehead atoms. The molecule has 0 aromatic carbocycles. The number of ether oxygens (including phenoxy) is 9. The second-order valence-corrected chi connectivity index (χ2v) is 24.0. The molecule has 0 aromatic heterocycles. The molecule has 0 aromatic rings. The monoisotopic (exact) mass is 1050 g/mol. The smallest absolute Gasteiger partial charge is 0.187 e. The lowest BCUT2D eigenvalue weighted by Gasteiger charge is -2.59. The first-order chi connectivity index (χ1) is 34.7. The summed E-state index contributed by atoms with van der Waals surface area (Å²) in [6.45, 7) is 9.66. The van der Waals surface area contributed by atoms with Crippen LogP contribution in [0, 0.1) is 46.3 Å². The minimum atomic E-state index is -1.97. The van der Waals surface area contributed by atoms with Gasteiger partial charge in [-0.3, -0.25) is 5.32 Å². The van der Waals surface area contributed by atoms with E-state index in [-0.39, 0.29) is 22.7 Å². The van der Waals surface area contributed by atoms with Gasteiger partial charge < -0.3 is 104 Å². The lowest BCUT2D eigenvalue weighted by molar-refractivity contribution is -0.406. The molecule has 0 unspecified atom stereocenters. The number of aliphatic hydroxyl groups is 12. The fourth-order valence-electron chi connectivity index (χ4n) is 15.7. The van der Waals surface area contributed by atoms with Crippen molar-refractivity contribution in [3.8, 4) is 0 Å². The zero-order valence-corrected chi connectivity index (χ0v) is 42.5. The van der Waals surface area contributed by atoms with Crippen molar-refractivity contribution in [3.63, 3.8) is 0 Å². The van der Waals surface area contributed by atoms with Crippen LogP contribution in [0.4, 0.5) is 0 Å². The van der Waals surface area contributed by atoms with Crippen LogP contribution in [-0.4, -0.2) is 228 Å². The van der Waals surface area contributed by atoms with Crippen LogP contribution >= 0.6 is 0 Å². The Bertz CT molecular complexity index is 1930. The van der Waals surface area contributed by atoms with Gasteiger partial charge in [0.25, 0.3) is 0 Å². The number of hydrogen-bond acceptors (Lipinski definition) is 22. The largest absolute Gasteiger partial charge is 0.394 e. The number of nitrogens with one attached hydrogen (secondary N) is 1. The Hall–Kier alpha value is -1.14. The highest BCUT2D eigenvalue weighted by Crippen LogP contribution is 2.70. The van der Waals surface area contributed by atoms with Crippen LogP contribution in [0.5, 0.6) is 0 Å². The van der Waals surface area contributed by atoms with Crippen molar-refractivity contribution in [1.82, 2.24) is 5.32 Å². The van der Waals surface area contributed by atoms with Crippen molar-refractivity contribution in [2.24, 2.45) is 46.3 Å². The maximum atomic E-state index is 12.0. The molecule has 10 rings (SSSR count). The van der Waals surface area contributed by atoms with Gasteiger partial charge in [0.1, 0.15) is 97.3 Å². The van der Waals surface area contributed by atoms with Crippen molar-refractivity contribution >= 4 is 0 Å². The summed E-state index contributed by atoms with van der Waals surface area (Å²) in [5.74, 6) is 3.06. The second kappa shape index (κ2) is 21.2. The van der Waals surface area contributed by atoms with E-state index in [9.17, 15) is 61.3 Å². The van der Waals surface area contributed by atoms with E-state index in [4.69, 9.17) is 42.6 Å². The van der Waals surface area contributed by atoms with E-state index >= 15 is 0 Å². The average Bonchev–Trinajstić information content (AvgIpc) is 3.82. The molecule has 10 aliphatic rings. The summed E-state index contributed by atoms with van der Waals surface area (Å²) in [5, 5.41) is 134. The second-order valence-electron chi connectivity index (χ2n) is 24.0. The number of rotatable bonds is 11. The fourth-order valence-corrected chi connectivity index (χ4v) is 15.7. The molecule has 6 heterocycles. The summed E-state index contributed by atoms with van der Waals surface area (Å²) in [4.78, 5) is 0. The summed E-state index contributed by atoms with van der Waals surface area (Å²) in [6.07, 6.45) is -23.4. The third-order valence-corrected chi connectivity index (χ3v) is 20.0. The average molecular weight is 1050 g/mol. The van der Waals surface area contributed by atoms with Gasteiger partial charge in [-0.2, -0.15) is 0 Å². The molecular formula is C51H83NO21. The van der Waals surface area contributed by atoms with Crippen LogP contribution < -0.4 is 5.32 Å². The Morgan fingerprint density at radius 2 is 1.18 bits per heavy atom. The predicted molar refractivity (Wildman–Crippen MR) is 249 cm³/mol. The summed E-state index contributed by atoms with van der Waals surface area (Å²) >= 11 is 0. The zero-order chi connectivity index (χ0) is 52.2. The summed E-state index contributed by atoms with van der Waals surface area (Å²) in [6, 6.07) is 0. The third kappa shape index (κ3) is 9.42. The van der Waals surface area contributed by atoms with E-state index in [1.54, 1.807) is 0 Å². The van der Waals surface area contributed by atoms with Crippen LogP contribution in [0.25, 0.3) is 0 Å². The highest BCUT2D eigenvalue weighted by molar-refractivity contribution is 5.27. The van der Waals surface area contributed by atoms with Gasteiger partial charge in [-0.05, 0) is 105 Å². The molecule has 6 saturated heterocycles. The molecule has 6 aliphatic heterocycles. The minimum absolute atomic E-state index is 0.106. The molecule has 31 atom stereocenters. The van der Waals surface area contributed by atoms with E-state index in [1.807, 2.05) is 0 Å². The number of fused-ring (bicyclic) bond motifs is 7. The van der Waals surface area contributed by atoms with Gasteiger partial charge in [-0.15, -0.1) is 0 Å². The van der Waals surface area contributed by atoms with Crippen molar-refractivity contribution in [1.29, 1.82) is 0 Å². The van der Waals surface area contributed by atoms with E-state index in [0.29, 0.717) is 48.3 Å². The molecule has 9 fully saturated rings. The number of allylic oxidation sites excluding steroid dienone is 1. The van der Waals surface area contributed by atoms with Crippen LogP contribution in [-0.2, 0) is 42.6 Å². The number of piperidine rings is 1. The predicted octanol–water partition coefficient (Wildman–Crippen LogP) is -2.39. The van der Waals surface area contributed by atoms with Crippen molar-refractivity contribution in [2.75, 3.05) is 26.4 Å². The highest BCUT2D eigenvalue weighted by Gasteiger charge is 2.68. The van der Waals surface area contributed by atoms with Gasteiger partial charge in [0.15, 0.2) is 25.2 Å². The van der Waals surface area contributed by atoms with Gasteiger partial charge >= 0.3 is 0 Å². The normalized spacial score (nSPS) is 57.1. The molecule has 22 heteroatoms. The maximum Gasteiger partial charge on any atom is 0.187 e. The summed E-state index contributed by atoms with van der Waals surface area (Å²) in [5.41, 5.74) is 1.11. The van der Waals surface area contributed by atoms with Crippen LogP contribution in [0.1, 0.15) is 92.4 Å². The van der Waals surface area contributed by atoms with E-state index in [2.05, 4.69) is 39.1 Å². The van der Waals surface area contributed by atoms with Gasteiger partial charge in [0.2, 0.25) is 0 Å². The van der Waals surface area contributed by atoms with Gasteiger partial charge in [-0.25, -0.2) is 0 Å². The Labute approximate surface area is 425 Å². The lowest BCUT2D eigenvalue weighted by atomic mass is 9.47. The van der Waals surface area contributed by atoms with Gasteiger partial charge in [-0.1, -0.05) is 39.3 Å². The Balaban J connectivity index is 0.902. The molecule has 418 valence electrons. The van der Waals surface area contributed by atoms with E-state index in [0.717, 1.165) is 45.1 Å². The first-order valence-electron chi connectivity index (χ1n) is 27.0. The molecule has 1 spiro atoms. The van der Waals surface area contributed by atoms with Gasteiger partial charge in [0, 0.05) is 12.5 Å². The first-order valence-corrected chi connectivity index (χ1v) is 27.0. The van der Waals surface area contributed by atoms with Crippen molar-refractivity contribution < 1.29 is 104 Å². The molecule has 0 amide bonds. The molecule has 22 nitrogen and oxygen atoms in total. The highest BCUT2D eigenvalue weighted by atomic mass is 16.8. The van der Waals surface area contributed by atoms with Crippen LogP contribution in [0.15, 0.2) is 11.6 Å². The topological polar surface area (TPSA) is 338 Å². The Morgan fingerprint density at radius 1 is 0.589 bits per heavy atom. The minimum Gasteiger partial charge on any atom is -0.394 e. The molecule has 13 N–H and O–H groups in total. The maximum absolute atomic E-state index is 12.0. The fraction of sp³-hybridized carbons (Fsp3) is 0.961. The van der Waals surface area contributed by atoms with Gasteiger partial charge in [0.05, 0.1) is 38.1 Å². The first kappa shape index (κ1) is 55.2. The van der Waals surface area contributed by atoms with Crippen LogP contribution in [0.3, 0.4) is 0 Å². The summed E-state index contributed by atoms with van der Waals surface area (Å²) in [7, 11) is 0.